The monoisotopic (exact) mass is 1780 g/mol. The number of ether oxygens (including phenoxy) is 3. The Balaban J connectivity index is 0.000000131. The Bertz CT molecular complexity index is 5730. The number of likely N-dealkylation sites (N-methyl/N-ethyl adjacent to an activating group) is 1. The molecule has 7 aliphatic rings. The summed E-state index contributed by atoms with van der Waals surface area (Å²) < 4.78 is 43.3. The van der Waals surface area contributed by atoms with Gasteiger partial charge in [-0.3, -0.25) is 9.78 Å². The van der Waals surface area contributed by atoms with Crippen LogP contribution in [0.5, 0.6) is 5.88 Å². The van der Waals surface area contributed by atoms with E-state index >= 15 is 0 Å². The summed E-state index contributed by atoms with van der Waals surface area (Å²) >= 11 is 0. The third kappa shape index (κ3) is 20.8. The number of fused-ring (bicyclic) bond motifs is 1. The van der Waals surface area contributed by atoms with Crippen molar-refractivity contribution in [3.8, 4) is 62.2 Å². The van der Waals surface area contributed by atoms with Gasteiger partial charge >= 0.3 is 6.09 Å². The number of aryl methyl sites for hydroxylation is 10. The summed E-state index contributed by atoms with van der Waals surface area (Å²) in [5, 5.41) is 20.4. The van der Waals surface area contributed by atoms with Crippen LogP contribution in [0.1, 0.15) is 263 Å². The Morgan fingerprint density at radius 1 is 0.485 bits per heavy atom. The SMILES string of the molecule is COC(=O)N1CCC2(C1)CN(c1nc(C(C)C)nc(-c3c(C)noc3C)c1C)C2.Cc1noc(C)c1-c1cc(N2CCN(C)CC2)nc(C(C)C)n1.Cc1noc(C)c1-c1nc(C(C)C)nc(CC2CCN(C(=O)C3CC3)C2)c1C.Cc1noc(C)c1-c1nc(C(C)C)nc(N2Cc3cccnc3C2)c1C.Cc1noc(C)c1-c1nc(C(C)C)nc(OC[C@H]2CCCO2)c1C. The van der Waals surface area contributed by atoms with E-state index < -0.39 is 0 Å². The molecule has 1 saturated carbocycles. The van der Waals surface area contributed by atoms with Crippen molar-refractivity contribution < 1.29 is 46.4 Å². The highest BCUT2D eigenvalue weighted by molar-refractivity contribution is 5.81. The standard InChI is InChI=1S/C22H30N4O2.C21H29N5O3.C20H23N5O.C18H25N3O3.C17H25N5O/c1-12(2)21-23-18(10-16-8-9-26(11-16)22(27)17-6-7-17)13(3)20(24-21)19-14(4)25-28-15(19)5;1-12(2)18-22-17(16-14(4)24-29-15(16)5)13(3)19(23-18)26-10-21(11-26)7-8-25(9-21)20(27)28-6;1-11(2)19-22-18(17-13(4)24-26-14(17)5)12(3)20(23-19)25-9-15-7-6-8-21-16(15)10-25;1-10(2)17-19-16(15-12(4)21-24-13(15)5)11(3)18(20-17)23-9-14-7-6-8-22-14;1-11(2)17-18-14(16-12(3)20-23-13(16)4)10-15(19-17)22-8-6-21(5)7-9-22/h12,16-17H,6-11H2,1-5H3;12H,7-11H2,1-6H3;6-8,11H,9-10H2,1-5H3;10,14H,6-9H2,1-5H3;10-11H,6-9H2,1-5H3/t;;;14-;/m...1./s1. The first-order valence-corrected chi connectivity index (χ1v) is 46.3. The van der Waals surface area contributed by atoms with Crippen LogP contribution in [0.3, 0.4) is 0 Å². The molecule has 694 valence electrons. The van der Waals surface area contributed by atoms with E-state index in [1.165, 1.54) is 12.7 Å². The number of anilines is 3. The van der Waals surface area contributed by atoms with E-state index in [1.807, 2.05) is 88.4 Å². The van der Waals surface area contributed by atoms with Gasteiger partial charge < -0.3 is 66.2 Å². The van der Waals surface area contributed by atoms with Gasteiger partial charge in [0, 0.05) is 154 Å². The Labute approximate surface area is 764 Å². The number of carbonyl (C=O) groups is 2. The first kappa shape index (κ1) is 94.6. The first-order chi connectivity index (χ1) is 62.0. The lowest BCUT2D eigenvalue weighted by Gasteiger charge is -2.49. The van der Waals surface area contributed by atoms with Gasteiger partial charge in [-0.1, -0.05) is 101 Å². The molecule has 1 unspecified atom stereocenters. The Morgan fingerprint density at radius 3 is 1.43 bits per heavy atom. The molecule has 2 atom stereocenters. The molecule has 11 aromatic rings. The van der Waals surface area contributed by atoms with Crippen LogP contribution in [0.25, 0.3) is 56.3 Å². The molecule has 17 heterocycles. The summed E-state index contributed by atoms with van der Waals surface area (Å²) in [6.07, 6.45) is 8.99. The zero-order valence-electron chi connectivity index (χ0n) is 81.2. The van der Waals surface area contributed by atoms with Crippen LogP contribution < -0.4 is 19.4 Å². The van der Waals surface area contributed by atoms with Gasteiger partial charge in [0.25, 0.3) is 0 Å². The van der Waals surface area contributed by atoms with Gasteiger partial charge in [-0.2, -0.15) is 4.98 Å². The smallest absolute Gasteiger partial charge is 0.409 e. The number of piperazine rings is 1. The molecule has 32 nitrogen and oxygen atoms in total. The van der Waals surface area contributed by atoms with E-state index in [1.54, 1.807) is 4.90 Å². The second-order valence-electron chi connectivity index (χ2n) is 38.0. The molecule has 2 amide bonds. The number of carbonyl (C=O) groups excluding carboxylic acids is 2. The molecule has 6 aliphatic heterocycles. The van der Waals surface area contributed by atoms with Gasteiger partial charge in [-0.25, -0.2) is 49.7 Å². The molecule has 0 aromatic carbocycles. The van der Waals surface area contributed by atoms with Crippen molar-refractivity contribution in [1.29, 1.82) is 0 Å². The summed E-state index contributed by atoms with van der Waals surface area (Å²) in [7, 11) is 3.60. The second kappa shape index (κ2) is 40.0. The van der Waals surface area contributed by atoms with Crippen molar-refractivity contribution >= 4 is 29.5 Å². The third-order valence-electron chi connectivity index (χ3n) is 25.8. The predicted octanol–water partition coefficient (Wildman–Crippen LogP) is 17.9. The maximum atomic E-state index is 12.4. The quantitative estimate of drug-likeness (QED) is 0.0725. The summed E-state index contributed by atoms with van der Waals surface area (Å²) in [5.74, 6) is 14.0. The van der Waals surface area contributed by atoms with Gasteiger partial charge in [-0.15, -0.1) is 0 Å². The molecule has 0 radical (unpaired) electrons. The van der Waals surface area contributed by atoms with Gasteiger partial charge in [0.2, 0.25) is 11.8 Å². The number of hydrogen-bond acceptors (Lipinski definition) is 30. The van der Waals surface area contributed by atoms with Gasteiger partial charge in [0.1, 0.15) is 82.0 Å². The normalized spacial score (nSPS) is 17.1. The number of amides is 2. The molecule has 1 aliphatic carbocycles. The van der Waals surface area contributed by atoms with Crippen LogP contribution >= 0.6 is 0 Å². The molecule has 130 heavy (non-hydrogen) atoms. The van der Waals surface area contributed by atoms with E-state index in [9.17, 15) is 9.59 Å². The number of aromatic nitrogens is 16. The van der Waals surface area contributed by atoms with Crippen molar-refractivity contribution in [2.45, 2.75) is 260 Å². The van der Waals surface area contributed by atoms with Crippen LogP contribution in [0.4, 0.5) is 22.2 Å². The van der Waals surface area contributed by atoms with Crippen molar-refractivity contribution in [3.63, 3.8) is 0 Å². The minimum atomic E-state index is -0.235. The summed E-state index contributed by atoms with van der Waals surface area (Å²) in [5.41, 5.74) is 21.3. The largest absolute Gasteiger partial charge is 0.475 e. The van der Waals surface area contributed by atoms with E-state index in [-0.39, 0.29) is 47.2 Å². The number of methoxy groups -OCH3 is 1. The zero-order chi connectivity index (χ0) is 93.2. The minimum absolute atomic E-state index is 0.132. The molecular weight excluding hydrogens is 1650 g/mol. The Kier molecular flexibility index (Phi) is 29.1. The predicted molar refractivity (Wildman–Crippen MR) is 497 cm³/mol. The number of rotatable bonds is 19. The fourth-order valence-corrected chi connectivity index (χ4v) is 18.0. The average Bonchev–Trinajstić information content (AvgIpc) is 1.46. The van der Waals surface area contributed by atoms with Gasteiger partial charge in [0.15, 0.2) is 0 Å². The number of nitrogens with zero attached hydrogens (tertiary/aromatic N) is 22. The molecule has 11 aromatic heterocycles. The van der Waals surface area contributed by atoms with Gasteiger partial charge in [-0.05, 0) is 172 Å². The zero-order valence-corrected chi connectivity index (χ0v) is 81.2. The van der Waals surface area contributed by atoms with Crippen molar-refractivity contribution in [3.05, 3.63) is 150 Å². The molecular formula is C98H132N22O10. The van der Waals surface area contributed by atoms with Crippen LogP contribution in [0, 0.1) is 114 Å². The fourth-order valence-electron chi connectivity index (χ4n) is 18.0. The first-order valence-electron chi connectivity index (χ1n) is 46.3. The summed E-state index contributed by atoms with van der Waals surface area (Å²) in [6.45, 7) is 60.7. The molecule has 5 saturated heterocycles. The Hall–Kier alpha value is -11.5. The molecule has 0 bridgehead atoms. The van der Waals surface area contributed by atoms with Crippen LogP contribution in [0.2, 0.25) is 0 Å². The minimum Gasteiger partial charge on any atom is -0.475 e. The highest BCUT2D eigenvalue weighted by Crippen LogP contribution is 2.46. The van der Waals surface area contributed by atoms with Crippen LogP contribution in [-0.2, 0) is 33.8 Å². The third-order valence-corrected chi connectivity index (χ3v) is 25.8. The Morgan fingerprint density at radius 2 is 0.962 bits per heavy atom. The van der Waals surface area contributed by atoms with E-state index in [0.29, 0.717) is 30.2 Å². The molecule has 6 fully saturated rings. The molecule has 0 N–H and O–H groups in total. The van der Waals surface area contributed by atoms with Crippen molar-refractivity contribution in [2.75, 3.05) is 108 Å². The van der Waals surface area contributed by atoms with Crippen molar-refractivity contribution in [2.24, 2.45) is 17.3 Å². The maximum absolute atomic E-state index is 12.4. The fraction of sp³-hybridized carbons (Fsp3) is 0.571. The molecule has 32 heteroatoms. The highest BCUT2D eigenvalue weighted by atomic mass is 16.5. The van der Waals surface area contributed by atoms with Crippen molar-refractivity contribution in [1.82, 2.24) is 95.3 Å². The lowest BCUT2D eigenvalue weighted by molar-refractivity contribution is -0.131. The topological polar surface area (TPSA) is 353 Å². The van der Waals surface area contributed by atoms with Crippen LogP contribution in [-0.4, -0.2) is 206 Å². The molecule has 1 spiro atoms. The summed E-state index contributed by atoms with van der Waals surface area (Å²) in [6, 6.07) is 6.20. The molecule has 18 rings (SSSR count). The number of hydrogen-bond donors (Lipinski definition) is 0. The van der Waals surface area contributed by atoms with Crippen LogP contribution in [0.15, 0.2) is 47.0 Å². The van der Waals surface area contributed by atoms with E-state index in [2.05, 4.69) is 169 Å². The average molecular weight is 1780 g/mol. The lowest BCUT2D eigenvalue weighted by atomic mass is 9.79. The van der Waals surface area contributed by atoms with E-state index in [0.717, 1.165) is 324 Å². The number of likely N-dealkylation sites (tertiary alicyclic amines) is 2. The number of pyridine rings is 1. The van der Waals surface area contributed by atoms with Gasteiger partial charge in [0.05, 0.1) is 110 Å². The maximum Gasteiger partial charge on any atom is 0.409 e. The summed E-state index contributed by atoms with van der Waals surface area (Å²) in [4.78, 5) is 90.2. The highest BCUT2D eigenvalue weighted by Gasteiger charge is 2.50. The second-order valence-corrected chi connectivity index (χ2v) is 38.0. The van der Waals surface area contributed by atoms with E-state index in [4.69, 9.17) is 81.7 Å². The lowest BCUT2D eigenvalue weighted by Crippen LogP contribution is -2.58.